The Bertz CT molecular complexity index is 980. The SMILES string of the molecule is C=C=C1CC(C)(C)C[C@H]2[C@@]1(C)CC[C@@]1(C)[C@]3(C)CC[C@H]4[C@@H](O[C@@H](C)C[C@H](C)O)CCC[C@]4(C)[C@H]3CC[C@]21F. The number of aliphatic hydroxyl groups is 1. The summed E-state index contributed by atoms with van der Waals surface area (Å²) in [5, 5.41) is 9.93. The molecule has 216 valence electrons. The Morgan fingerprint density at radius 1 is 0.974 bits per heavy atom. The number of ether oxygens (including phenoxy) is 1. The van der Waals surface area contributed by atoms with Crippen LogP contribution < -0.4 is 0 Å². The van der Waals surface area contributed by atoms with Crippen LogP contribution in [0.4, 0.5) is 4.39 Å². The second-order valence-corrected chi connectivity index (χ2v) is 16.5. The van der Waals surface area contributed by atoms with Crippen LogP contribution in [-0.4, -0.2) is 29.1 Å². The van der Waals surface area contributed by atoms with Crippen LogP contribution in [0.25, 0.3) is 0 Å². The average Bonchev–Trinajstić information content (AvgIpc) is 2.81. The monoisotopic (exact) mass is 528 g/mol. The fourth-order valence-electron chi connectivity index (χ4n) is 11.8. The number of rotatable bonds is 4. The average molecular weight is 529 g/mol. The molecule has 5 rings (SSSR count). The van der Waals surface area contributed by atoms with Gasteiger partial charge in [-0.2, -0.15) is 0 Å². The molecule has 0 aromatic carbocycles. The van der Waals surface area contributed by atoms with E-state index in [1.54, 1.807) is 0 Å². The predicted octanol–water partition coefficient (Wildman–Crippen LogP) is 9.21. The van der Waals surface area contributed by atoms with Gasteiger partial charge >= 0.3 is 0 Å². The first-order valence-corrected chi connectivity index (χ1v) is 16.0. The van der Waals surface area contributed by atoms with Crippen molar-refractivity contribution >= 4 is 0 Å². The third-order valence-electron chi connectivity index (χ3n) is 13.9. The lowest BCUT2D eigenvalue weighted by Gasteiger charge is -2.74. The summed E-state index contributed by atoms with van der Waals surface area (Å²) >= 11 is 0. The third-order valence-corrected chi connectivity index (χ3v) is 13.9. The zero-order chi connectivity index (χ0) is 27.9. The molecule has 0 unspecified atom stereocenters. The number of halogens is 1. The van der Waals surface area contributed by atoms with Crippen molar-refractivity contribution in [1.82, 2.24) is 0 Å². The Labute approximate surface area is 233 Å². The molecular formula is C35H57FO2. The highest BCUT2D eigenvalue weighted by Crippen LogP contribution is 2.78. The van der Waals surface area contributed by atoms with Gasteiger partial charge in [-0.05, 0) is 118 Å². The van der Waals surface area contributed by atoms with Crippen molar-refractivity contribution in [1.29, 1.82) is 0 Å². The minimum atomic E-state index is -1.15. The van der Waals surface area contributed by atoms with Crippen molar-refractivity contribution in [2.45, 2.75) is 156 Å². The summed E-state index contributed by atoms with van der Waals surface area (Å²) < 4.78 is 24.9. The first kappa shape index (κ1) is 28.9. The summed E-state index contributed by atoms with van der Waals surface area (Å²) in [5.74, 6) is 1.13. The normalized spacial score (nSPS) is 51.5. The molecule has 0 saturated heterocycles. The number of fused-ring (bicyclic) bond motifs is 7. The maximum Gasteiger partial charge on any atom is 0.120 e. The second-order valence-electron chi connectivity index (χ2n) is 16.5. The van der Waals surface area contributed by atoms with Gasteiger partial charge < -0.3 is 9.84 Å². The minimum Gasteiger partial charge on any atom is -0.393 e. The molecule has 1 N–H and O–H groups in total. The lowest BCUT2D eigenvalue weighted by molar-refractivity contribution is -0.281. The Kier molecular flexibility index (Phi) is 6.98. The Hall–Kier alpha value is -0.630. The molecule has 3 heteroatoms. The molecule has 0 aliphatic heterocycles. The summed E-state index contributed by atoms with van der Waals surface area (Å²) in [6.07, 6.45) is 12.3. The molecule has 5 aliphatic rings. The van der Waals surface area contributed by atoms with Gasteiger partial charge in [0.2, 0.25) is 0 Å². The molecule has 0 spiro atoms. The Balaban J connectivity index is 1.49. The Morgan fingerprint density at radius 3 is 2.34 bits per heavy atom. The summed E-state index contributed by atoms with van der Waals surface area (Å²) in [6.45, 7) is 22.5. The van der Waals surface area contributed by atoms with E-state index in [0.29, 0.717) is 24.7 Å². The van der Waals surface area contributed by atoms with E-state index in [-0.39, 0.29) is 51.3 Å². The van der Waals surface area contributed by atoms with Crippen LogP contribution >= 0.6 is 0 Å². The molecule has 0 heterocycles. The molecule has 0 radical (unpaired) electrons. The van der Waals surface area contributed by atoms with Crippen molar-refractivity contribution < 1.29 is 14.2 Å². The maximum atomic E-state index is 18.3. The molecule has 5 fully saturated rings. The van der Waals surface area contributed by atoms with Gasteiger partial charge in [0, 0.05) is 16.7 Å². The first-order chi connectivity index (χ1) is 17.6. The van der Waals surface area contributed by atoms with Crippen LogP contribution in [0.5, 0.6) is 0 Å². The van der Waals surface area contributed by atoms with E-state index in [9.17, 15) is 5.11 Å². The van der Waals surface area contributed by atoms with Crippen LogP contribution in [0.3, 0.4) is 0 Å². The van der Waals surface area contributed by atoms with Gasteiger partial charge in [-0.15, -0.1) is 5.73 Å². The van der Waals surface area contributed by atoms with Gasteiger partial charge in [-0.1, -0.05) is 54.5 Å². The highest BCUT2D eigenvalue weighted by atomic mass is 19.1. The number of hydrogen-bond donors (Lipinski definition) is 1. The van der Waals surface area contributed by atoms with Crippen molar-refractivity contribution in [3.05, 3.63) is 17.9 Å². The van der Waals surface area contributed by atoms with Crippen molar-refractivity contribution in [2.24, 2.45) is 44.8 Å². The molecule has 5 aliphatic carbocycles. The lowest BCUT2D eigenvalue weighted by Crippen LogP contribution is -2.72. The van der Waals surface area contributed by atoms with Gasteiger partial charge in [-0.25, -0.2) is 4.39 Å². The fraction of sp³-hybridized carbons (Fsp3) is 0.914. The highest BCUT2D eigenvalue weighted by Gasteiger charge is 2.75. The molecule has 2 nitrogen and oxygen atoms in total. The van der Waals surface area contributed by atoms with E-state index in [4.69, 9.17) is 4.74 Å². The van der Waals surface area contributed by atoms with Crippen LogP contribution in [0, 0.1) is 44.8 Å². The topological polar surface area (TPSA) is 29.5 Å². The van der Waals surface area contributed by atoms with E-state index >= 15 is 4.39 Å². The van der Waals surface area contributed by atoms with Crippen LogP contribution in [-0.2, 0) is 4.74 Å². The second kappa shape index (κ2) is 9.19. The zero-order valence-electron chi connectivity index (χ0n) is 25.9. The van der Waals surface area contributed by atoms with Crippen LogP contribution in [0.15, 0.2) is 17.9 Å². The summed E-state index contributed by atoms with van der Waals surface area (Å²) in [4.78, 5) is 0. The smallest absolute Gasteiger partial charge is 0.120 e. The van der Waals surface area contributed by atoms with E-state index in [1.165, 1.54) is 18.4 Å². The zero-order valence-corrected chi connectivity index (χ0v) is 25.9. The largest absolute Gasteiger partial charge is 0.393 e. The van der Waals surface area contributed by atoms with Gasteiger partial charge in [0.25, 0.3) is 0 Å². The standard InChI is InChI=1S/C35H57FO2/c1-10-25-21-30(4,5)22-29-31(25,6)18-19-34(9)33(8)16-13-26-27(38-24(3)20-23(2)37)12-11-15-32(26,7)28(33)14-17-35(29,34)36/h23-24,26-29,37H,1,11-22H2,2-9H3/t23-,24-,26-,27-,28+,29-,31-,32-,33+,34-,35-/m0/s1. The maximum absolute atomic E-state index is 18.3. The molecule has 0 aromatic heterocycles. The number of alkyl halides is 1. The summed E-state index contributed by atoms with van der Waals surface area (Å²) in [7, 11) is 0. The first-order valence-electron chi connectivity index (χ1n) is 16.0. The van der Waals surface area contributed by atoms with Gasteiger partial charge in [-0.3, -0.25) is 0 Å². The van der Waals surface area contributed by atoms with Crippen molar-refractivity contribution in [3.63, 3.8) is 0 Å². The molecular weight excluding hydrogens is 471 g/mol. The third kappa shape index (κ3) is 3.91. The van der Waals surface area contributed by atoms with Crippen LogP contribution in [0.2, 0.25) is 0 Å². The number of allylic oxidation sites excluding steroid dienone is 1. The molecule has 5 saturated carbocycles. The predicted molar refractivity (Wildman–Crippen MR) is 155 cm³/mol. The molecule has 0 bridgehead atoms. The van der Waals surface area contributed by atoms with Gasteiger partial charge in [0.05, 0.1) is 18.3 Å². The van der Waals surface area contributed by atoms with Crippen molar-refractivity contribution in [3.8, 4) is 0 Å². The van der Waals surface area contributed by atoms with Crippen LogP contribution in [0.1, 0.15) is 132 Å². The van der Waals surface area contributed by atoms with E-state index in [1.807, 2.05) is 6.92 Å². The lowest BCUT2D eigenvalue weighted by atomic mass is 9.31. The Morgan fingerprint density at radius 2 is 1.68 bits per heavy atom. The molecule has 0 amide bonds. The highest BCUT2D eigenvalue weighted by molar-refractivity contribution is 5.30. The minimum absolute atomic E-state index is 0.000650. The van der Waals surface area contributed by atoms with E-state index in [2.05, 4.69) is 60.8 Å². The van der Waals surface area contributed by atoms with E-state index < -0.39 is 5.67 Å². The van der Waals surface area contributed by atoms with E-state index in [0.717, 1.165) is 51.4 Å². The molecule has 38 heavy (non-hydrogen) atoms. The number of aliphatic hydroxyl groups excluding tert-OH is 1. The summed E-state index contributed by atoms with van der Waals surface area (Å²) in [6, 6.07) is 0. The molecule has 11 atom stereocenters. The van der Waals surface area contributed by atoms with Gasteiger partial charge in [0.1, 0.15) is 5.67 Å². The fourth-order valence-corrected chi connectivity index (χ4v) is 11.8. The quantitative estimate of drug-likeness (QED) is 0.369. The molecule has 0 aromatic rings. The van der Waals surface area contributed by atoms with Gasteiger partial charge in [0.15, 0.2) is 0 Å². The van der Waals surface area contributed by atoms with Crippen molar-refractivity contribution in [2.75, 3.05) is 0 Å². The summed E-state index contributed by atoms with van der Waals surface area (Å²) in [5.41, 5.74) is 3.35. The number of hydrogen-bond acceptors (Lipinski definition) is 2.